The van der Waals surface area contributed by atoms with Gasteiger partial charge in [-0.25, -0.2) is 0 Å². The van der Waals surface area contributed by atoms with Crippen molar-refractivity contribution in [3.05, 3.63) is 35.9 Å². The van der Waals surface area contributed by atoms with Gasteiger partial charge in [0.15, 0.2) is 0 Å². The zero-order valence-corrected chi connectivity index (χ0v) is 11.2. The van der Waals surface area contributed by atoms with Crippen LogP contribution in [0.5, 0.6) is 0 Å². The van der Waals surface area contributed by atoms with Gasteiger partial charge in [-0.3, -0.25) is 4.90 Å². The predicted molar refractivity (Wildman–Crippen MR) is 74.1 cm³/mol. The van der Waals surface area contributed by atoms with Gasteiger partial charge in [-0.2, -0.15) is 0 Å². The second kappa shape index (κ2) is 5.83. The number of likely N-dealkylation sites (tertiary alicyclic amines) is 1. The first-order valence-electron chi connectivity index (χ1n) is 6.83. The van der Waals surface area contributed by atoms with Crippen LogP contribution in [-0.2, 0) is 6.54 Å². The minimum absolute atomic E-state index is 0.191. The van der Waals surface area contributed by atoms with E-state index in [9.17, 15) is 5.11 Å². The molecule has 1 aromatic carbocycles. The third kappa shape index (κ3) is 3.10. The van der Waals surface area contributed by atoms with Gasteiger partial charge in [-0.1, -0.05) is 37.3 Å². The number of hydrogen-bond donors (Lipinski definition) is 2. The van der Waals surface area contributed by atoms with E-state index in [4.69, 9.17) is 5.73 Å². The largest absolute Gasteiger partial charge is 0.389 e. The molecule has 1 aromatic rings. The molecule has 0 amide bonds. The Morgan fingerprint density at radius 3 is 2.44 bits per heavy atom. The average Bonchev–Trinajstić information content (AvgIpc) is 2.42. The number of nitrogens with two attached hydrogens (primary N) is 1. The van der Waals surface area contributed by atoms with Crippen LogP contribution >= 0.6 is 0 Å². The van der Waals surface area contributed by atoms with Crippen LogP contribution in [0.25, 0.3) is 0 Å². The molecule has 1 saturated heterocycles. The quantitative estimate of drug-likeness (QED) is 0.851. The van der Waals surface area contributed by atoms with Crippen LogP contribution in [0.1, 0.15) is 25.3 Å². The van der Waals surface area contributed by atoms with Crippen molar-refractivity contribution in [1.29, 1.82) is 0 Å². The molecular weight excluding hydrogens is 224 g/mol. The summed E-state index contributed by atoms with van der Waals surface area (Å²) in [7, 11) is 0. The van der Waals surface area contributed by atoms with E-state index in [0.29, 0.717) is 6.54 Å². The third-order valence-corrected chi connectivity index (χ3v) is 4.24. The Balaban J connectivity index is 1.87. The van der Waals surface area contributed by atoms with Gasteiger partial charge < -0.3 is 10.8 Å². The molecule has 1 atom stereocenters. The van der Waals surface area contributed by atoms with E-state index in [1.807, 2.05) is 13.0 Å². The lowest BCUT2D eigenvalue weighted by Crippen LogP contribution is -2.49. The lowest BCUT2D eigenvalue weighted by Gasteiger charge is -2.41. The maximum absolute atomic E-state index is 10.5. The van der Waals surface area contributed by atoms with Crippen LogP contribution in [0.3, 0.4) is 0 Å². The summed E-state index contributed by atoms with van der Waals surface area (Å²) in [6.07, 6.45) is 1.66. The summed E-state index contributed by atoms with van der Waals surface area (Å²) in [4.78, 5) is 2.41. The van der Waals surface area contributed by atoms with E-state index in [1.54, 1.807) is 0 Å². The van der Waals surface area contributed by atoms with Gasteiger partial charge in [-0.15, -0.1) is 0 Å². The minimum atomic E-state index is -0.554. The van der Waals surface area contributed by atoms with Crippen LogP contribution in [0.2, 0.25) is 0 Å². The van der Waals surface area contributed by atoms with Gasteiger partial charge >= 0.3 is 0 Å². The summed E-state index contributed by atoms with van der Waals surface area (Å²) in [6.45, 7) is 5.50. The fourth-order valence-electron chi connectivity index (χ4n) is 2.65. The Labute approximate surface area is 110 Å². The monoisotopic (exact) mass is 248 g/mol. The first-order valence-corrected chi connectivity index (χ1v) is 6.83. The van der Waals surface area contributed by atoms with E-state index in [1.165, 1.54) is 5.56 Å². The first kappa shape index (κ1) is 13.5. The van der Waals surface area contributed by atoms with Gasteiger partial charge in [0, 0.05) is 19.6 Å². The van der Waals surface area contributed by atoms with Gasteiger partial charge in [0.05, 0.1) is 5.60 Å². The highest BCUT2D eigenvalue weighted by Crippen LogP contribution is 2.29. The van der Waals surface area contributed by atoms with Crippen molar-refractivity contribution in [3.8, 4) is 0 Å². The molecule has 0 aliphatic carbocycles. The maximum atomic E-state index is 10.5. The maximum Gasteiger partial charge on any atom is 0.0709 e. The van der Waals surface area contributed by atoms with Crippen molar-refractivity contribution in [2.75, 3.05) is 19.6 Å². The topological polar surface area (TPSA) is 49.5 Å². The Morgan fingerprint density at radius 1 is 1.28 bits per heavy atom. The standard InChI is InChI=1S/C15H24N2O/c1-13(11-16)15(18)7-9-17(10-8-15)12-14-5-3-2-4-6-14/h2-6,13,18H,7-12,16H2,1H3. The van der Waals surface area contributed by atoms with Crippen molar-refractivity contribution in [2.45, 2.75) is 31.9 Å². The van der Waals surface area contributed by atoms with Crippen molar-refractivity contribution in [3.63, 3.8) is 0 Å². The highest BCUT2D eigenvalue weighted by molar-refractivity contribution is 5.14. The molecule has 0 bridgehead atoms. The fraction of sp³-hybridized carbons (Fsp3) is 0.600. The minimum Gasteiger partial charge on any atom is -0.389 e. The molecule has 0 radical (unpaired) electrons. The van der Waals surface area contributed by atoms with Crippen LogP contribution in [0, 0.1) is 5.92 Å². The number of benzene rings is 1. The smallest absolute Gasteiger partial charge is 0.0709 e. The van der Waals surface area contributed by atoms with Gasteiger partial charge in [0.2, 0.25) is 0 Å². The molecule has 18 heavy (non-hydrogen) atoms. The molecule has 0 saturated carbocycles. The number of hydrogen-bond acceptors (Lipinski definition) is 3. The lowest BCUT2D eigenvalue weighted by atomic mass is 9.80. The van der Waals surface area contributed by atoms with Crippen molar-refractivity contribution >= 4 is 0 Å². The van der Waals surface area contributed by atoms with E-state index in [2.05, 4.69) is 29.2 Å². The summed E-state index contributed by atoms with van der Waals surface area (Å²) in [6, 6.07) is 10.5. The highest BCUT2D eigenvalue weighted by Gasteiger charge is 2.36. The Bertz CT molecular complexity index is 358. The molecule has 1 fully saturated rings. The molecule has 1 aliphatic rings. The summed E-state index contributed by atoms with van der Waals surface area (Å²) >= 11 is 0. The second-order valence-electron chi connectivity index (χ2n) is 5.50. The molecule has 3 N–H and O–H groups in total. The van der Waals surface area contributed by atoms with Gasteiger partial charge in [-0.05, 0) is 30.9 Å². The number of rotatable bonds is 4. The van der Waals surface area contributed by atoms with Crippen LogP contribution < -0.4 is 5.73 Å². The molecule has 3 heteroatoms. The fourth-order valence-corrected chi connectivity index (χ4v) is 2.65. The lowest BCUT2D eigenvalue weighted by molar-refractivity contribution is -0.0604. The number of nitrogens with zero attached hydrogens (tertiary/aromatic N) is 1. The molecule has 100 valence electrons. The molecule has 1 unspecified atom stereocenters. The predicted octanol–water partition coefficient (Wildman–Crippen LogP) is 1.61. The molecule has 2 rings (SSSR count). The van der Waals surface area contributed by atoms with Crippen LogP contribution in [-0.4, -0.2) is 35.2 Å². The number of piperidine rings is 1. The average molecular weight is 248 g/mol. The first-order chi connectivity index (χ1) is 8.64. The van der Waals surface area contributed by atoms with Gasteiger partial charge in [0.1, 0.15) is 0 Å². The Hall–Kier alpha value is -0.900. The van der Waals surface area contributed by atoms with E-state index >= 15 is 0 Å². The molecule has 1 aliphatic heterocycles. The molecular formula is C15H24N2O. The third-order valence-electron chi connectivity index (χ3n) is 4.24. The Kier molecular flexibility index (Phi) is 4.38. The van der Waals surface area contributed by atoms with E-state index in [0.717, 1.165) is 32.5 Å². The van der Waals surface area contributed by atoms with E-state index in [-0.39, 0.29) is 5.92 Å². The molecule has 3 nitrogen and oxygen atoms in total. The zero-order valence-electron chi connectivity index (χ0n) is 11.2. The van der Waals surface area contributed by atoms with Gasteiger partial charge in [0.25, 0.3) is 0 Å². The highest BCUT2D eigenvalue weighted by atomic mass is 16.3. The number of aliphatic hydroxyl groups is 1. The van der Waals surface area contributed by atoms with Crippen molar-refractivity contribution in [1.82, 2.24) is 4.90 Å². The molecule has 0 aromatic heterocycles. The SMILES string of the molecule is CC(CN)C1(O)CCN(Cc2ccccc2)CC1. The van der Waals surface area contributed by atoms with Crippen molar-refractivity contribution < 1.29 is 5.11 Å². The Morgan fingerprint density at radius 2 is 1.89 bits per heavy atom. The zero-order chi connectivity index (χ0) is 13.0. The summed E-state index contributed by atoms with van der Waals surface area (Å²) in [5.74, 6) is 0.191. The molecule has 1 heterocycles. The summed E-state index contributed by atoms with van der Waals surface area (Å²) in [5, 5.41) is 10.5. The van der Waals surface area contributed by atoms with Crippen molar-refractivity contribution in [2.24, 2.45) is 11.7 Å². The normalized spacial score (nSPS) is 21.7. The second-order valence-corrected chi connectivity index (χ2v) is 5.50. The van der Waals surface area contributed by atoms with Crippen LogP contribution in [0.4, 0.5) is 0 Å². The van der Waals surface area contributed by atoms with E-state index < -0.39 is 5.60 Å². The van der Waals surface area contributed by atoms with Crippen LogP contribution in [0.15, 0.2) is 30.3 Å². The summed E-state index contributed by atoms with van der Waals surface area (Å²) in [5.41, 5.74) is 6.46. The molecule has 0 spiro atoms. The summed E-state index contributed by atoms with van der Waals surface area (Å²) < 4.78 is 0.